The van der Waals surface area contributed by atoms with Crippen LogP contribution in [0.15, 0.2) is 12.7 Å². The quantitative estimate of drug-likeness (QED) is 0.689. The van der Waals surface area contributed by atoms with E-state index in [-0.39, 0.29) is 18.4 Å². The summed E-state index contributed by atoms with van der Waals surface area (Å²) in [5.41, 5.74) is 0. The normalized spacial score (nSPS) is 27.1. The molecule has 1 aliphatic carbocycles. The van der Waals surface area contributed by atoms with Crippen molar-refractivity contribution in [2.75, 3.05) is 6.61 Å². The van der Waals surface area contributed by atoms with Gasteiger partial charge >= 0.3 is 5.97 Å². The first kappa shape index (κ1) is 11.2. The molecule has 0 aromatic rings. The Bertz CT molecular complexity index is 201. The Labute approximate surface area is 84.8 Å². The molecule has 0 saturated heterocycles. The molecule has 1 N–H and O–H groups in total. The van der Waals surface area contributed by atoms with E-state index in [0.717, 1.165) is 25.7 Å². The molecule has 1 rings (SSSR count). The van der Waals surface area contributed by atoms with Gasteiger partial charge in [-0.2, -0.15) is 0 Å². The second-order valence-electron chi connectivity index (χ2n) is 3.80. The molecule has 0 spiro atoms. The highest BCUT2D eigenvalue weighted by Crippen LogP contribution is 2.29. The minimum atomic E-state index is -0.718. The monoisotopic (exact) mass is 198 g/mol. The van der Waals surface area contributed by atoms with Crippen molar-refractivity contribution in [3.8, 4) is 0 Å². The molecule has 0 heterocycles. The van der Waals surface area contributed by atoms with Gasteiger partial charge in [0.15, 0.2) is 0 Å². The van der Waals surface area contributed by atoms with Crippen molar-refractivity contribution in [3.63, 3.8) is 0 Å². The van der Waals surface area contributed by atoms with Crippen LogP contribution in [0.1, 0.15) is 32.1 Å². The van der Waals surface area contributed by atoms with E-state index >= 15 is 0 Å². The predicted octanol–water partition coefficient (Wildman–Crippen LogP) is 2.22. The largest absolute Gasteiger partial charge is 0.481 e. The van der Waals surface area contributed by atoms with E-state index in [1.807, 2.05) is 0 Å². The molecule has 2 atom stereocenters. The van der Waals surface area contributed by atoms with Crippen molar-refractivity contribution >= 4 is 5.97 Å². The van der Waals surface area contributed by atoms with Gasteiger partial charge in [0.2, 0.25) is 0 Å². The molecule has 1 saturated carbocycles. The van der Waals surface area contributed by atoms with Crippen molar-refractivity contribution in [2.45, 2.75) is 38.2 Å². The molecule has 0 aliphatic heterocycles. The molecule has 0 aromatic heterocycles. The first-order valence-corrected chi connectivity index (χ1v) is 5.18. The number of carbonyl (C=O) groups is 1. The molecular weight excluding hydrogens is 180 g/mol. The molecule has 0 bridgehead atoms. The van der Waals surface area contributed by atoms with Gasteiger partial charge in [-0.05, 0) is 18.8 Å². The summed E-state index contributed by atoms with van der Waals surface area (Å²) >= 11 is 0. The molecular formula is C11H18O3. The Morgan fingerprint density at radius 1 is 1.50 bits per heavy atom. The zero-order valence-electron chi connectivity index (χ0n) is 8.45. The van der Waals surface area contributed by atoms with Crippen LogP contribution in [0.2, 0.25) is 0 Å². The topological polar surface area (TPSA) is 46.5 Å². The molecule has 3 nitrogen and oxygen atoms in total. The third kappa shape index (κ3) is 3.50. The maximum atomic E-state index is 10.6. The zero-order chi connectivity index (χ0) is 10.4. The molecule has 1 fully saturated rings. The third-order valence-electron chi connectivity index (χ3n) is 2.70. The van der Waals surface area contributed by atoms with Crippen LogP contribution in [0.4, 0.5) is 0 Å². The van der Waals surface area contributed by atoms with Crippen LogP contribution in [-0.2, 0) is 9.53 Å². The smallest absolute Gasteiger partial charge is 0.303 e. The lowest BCUT2D eigenvalue weighted by Crippen LogP contribution is -2.29. The Morgan fingerprint density at radius 2 is 2.21 bits per heavy atom. The standard InChI is InChI=1S/C11H18O3/c1-2-7-14-10-6-4-3-5-9(10)8-11(12)13/h2,9-10H,1,3-8H2,(H,12,13)/t9-,10+/m0/s1. The number of aliphatic carboxylic acids is 1. The van der Waals surface area contributed by atoms with Crippen molar-refractivity contribution in [1.82, 2.24) is 0 Å². The van der Waals surface area contributed by atoms with Gasteiger partial charge in [0, 0.05) is 0 Å². The van der Waals surface area contributed by atoms with Crippen LogP contribution < -0.4 is 0 Å². The van der Waals surface area contributed by atoms with Crippen molar-refractivity contribution in [1.29, 1.82) is 0 Å². The first-order valence-electron chi connectivity index (χ1n) is 5.18. The summed E-state index contributed by atoms with van der Waals surface area (Å²) in [4.78, 5) is 10.6. The SMILES string of the molecule is C=CCO[C@@H]1CCCC[C@H]1CC(=O)O. The number of carboxylic acid groups (broad SMARTS) is 1. The van der Waals surface area contributed by atoms with Gasteiger partial charge < -0.3 is 9.84 Å². The summed E-state index contributed by atoms with van der Waals surface area (Å²) in [5, 5.41) is 8.73. The summed E-state index contributed by atoms with van der Waals surface area (Å²) in [6.45, 7) is 4.12. The molecule has 1 aliphatic rings. The summed E-state index contributed by atoms with van der Waals surface area (Å²) in [5.74, 6) is -0.523. The van der Waals surface area contributed by atoms with Crippen LogP contribution in [0, 0.1) is 5.92 Å². The van der Waals surface area contributed by atoms with Crippen molar-refractivity contribution < 1.29 is 14.6 Å². The van der Waals surface area contributed by atoms with Gasteiger partial charge in [-0.15, -0.1) is 6.58 Å². The maximum Gasteiger partial charge on any atom is 0.303 e. The van der Waals surface area contributed by atoms with Gasteiger partial charge in [0.05, 0.1) is 19.1 Å². The first-order chi connectivity index (χ1) is 6.74. The van der Waals surface area contributed by atoms with E-state index < -0.39 is 5.97 Å². The van der Waals surface area contributed by atoms with E-state index in [4.69, 9.17) is 9.84 Å². The number of rotatable bonds is 5. The zero-order valence-corrected chi connectivity index (χ0v) is 8.45. The van der Waals surface area contributed by atoms with Crippen LogP contribution in [0.25, 0.3) is 0 Å². The predicted molar refractivity (Wildman–Crippen MR) is 54.1 cm³/mol. The Balaban J connectivity index is 2.41. The Kier molecular flexibility index (Phi) is 4.66. The lowest BCUT2D eigenvalue weighted by Gasteiger charge is -2.30. The summed E-state index contributed by atoms with van der Waals surface area (Å²) < 4.78 is 5.56. The Hall–Kier alpha value is -0.830. The fourth-order valence-electron chi connectivity index (χ4n) is 2.04. The van der Waals surface area contributed by atoms with E-state index in [9.17, 15) is 4.79 Å². The second kappa shape index (κ2) is 5.81. The van der Waals surface area contributed by atoms with Gasteiger partial charge in [-0.3, -0.25) is 4.79 Å². The third-order valence-corrected chi connectivity index (χ3v) is 2.70. The molecule has 0 radical (unpaired) electrons. The summed E-state index contributed by atoms with van der Waals surface area (Å²) in [6.07, 6.45) is 6.33. The van der Waals surface area contributed by atoms with E-state index in [1.165, 1.54) is 0 Å². The molecule has 0 aromatic carbocycles. The second-order valence-corrected chi connectivity index (χ2v) is 3.80. The summed E-state index contributed by atoms with van der Waals surface area (Å²) in [7, 11) is 0. The average Bonchev–Trinajstić information content (AvgIpc) is 2.16. The van der Waals surface area contributed by atoms with E-state index in [1.54, 1.807) is 6.08 Å². The van der Waals surface area contributed by atoms with E-state index in [2.05, 4.69) is 6.58 Å². The van der Waals surface area contributed by atoms with E-state index in [0.29, 0.717) is 6.61 Å². The Morgan fingerprint density at radius 3 is 2.86 bits per heavy atom. The van der Waals surface area contributed by atoms with Crippen LogP contribution in [0.5, 0.6) is 0 Å². The van der Waals surface area contributed by atoms with Gasteiger partial charge in [0.25, 0.3) is 0 Å². The fraction of sp³-hybridized carbons (Fsp3) is 0.727. The fourth-order valence-corrected chi connectivity index (χ4v) is 2.04. The minimum Gasteiger partial charge on any atom is -0.481 e. The highest BCUT2D eigenvalue weighted by Gasteiger charge is 2.27. The van der Waals surface area contributed by atoms with Crippen molar-refractivity contribution in [2.24, 2.45) is 5.92 Å². The van der Waals surface area contributed by atoms with Crippen LogP contribution in [0.3, 0.4) is 0 Å². The number of carboxylic acids is 1. The van der Waals surface area contributed by atoms with Crippen molar-refractivity contribution in [3.05, 3.63) is 12.7 Å². The van der Waals surface area contributed by atoms with Crippen LogP contribution in [-0.4, -0.2) is 23.8 Å². The number of hydrogen-bond donors (Lipinski definition) is 1. The molecule has 80 valence electrons. The highest BCUT2D eigenvalue weighted by atomic mass is 16.5. The average molecular weight is 198 g/mol. The number of hydrogen-bond acceptors (Lipinski definition) is 2. The lowest BCUT2D eigenvalue weighted by molar-refractivity contribution is -0.140. The minimum absolute atomic E-state index is 0.123. The number of ether oxygens (including phenoxy) is 1. The molecule has 14 heavy (non-hydrogen) atoms. The van der Waals surface area contributed by atoms with Gasteiger partial charge in [0.1, 0.15) is 0 Å². The molecule has 3 heteroatoms. The molecule has 0 amide bonds. The van der Waals surface area contributed by atoms with Crippen LogP contribution >= 0.6 is 0 Å². The summed E-state index contributed by atoms with van der Waals surface area (Å²) in [6, 6.07) is 0. The highest BCUT2D eigenvalue weighted by molar-refractivity contribution is 5.67. The molecule has 0 unspecified atom stereocenters. The maximum absolute atomic E-state index is 10.6. The lowest BCUT2D eigenvalue weighted by atomic mass is 9.84. The van der Waals surface area contributed by atoms with Gasteiger partial charge in [-0.1, -0.05) is 18.9 Å². The van der Waals surface area contributed by atoms with Gasteiger partial charge in [-0.25, -0.2) is 0 Å².